The van der Waals surface area contributed by atoms with Crippen LogP contribution in [0.5, 0.6) is 0 Å². The first-order valence-electron chi connectivity index (χ1n) is 8.29. The minimum Gasteiger partial charge on any atom is -0.477 e. The number of aromatic carboxylic acids is 1. The Balaban J connectivity index is 1.79. The van der Waals surface area contributed by atoms with Crippen molar-refractivity contribution in [2.24, 2.45) is 0 Å². The van der Waals surface area contributed by atoms with Gasteiger partial charge in [-0.25, -0.2) is 14.8 Å². The number of carboxylic acids is 1. The standard InChI is InChI=1S/C20H14ClN3O2S2/c21-13-8-6-11(7-9-13)10-27-20-23-16(12-4-2-1-3-5-12)14-15(22)17(19(25)26)28-18(14)24-20/h1-9H,10,22H2,(H,25,26). The summed E-state index contributed by atoms with van der Waals surface area (Å²) in [4.78, 5) is 21.4. The van der Waals surface area contributed by atoms with E-state index < -0.39 is 5.97 Å². The van der Waals surface area contributed by atoms with Crippen LogP contribution in [0.1, 0.15) is 15.2 Å². The van der Waals surface area contributed by atoms with Gasteiger partial charge in [0.2, 0.25) is 0 Å². The Bertz CT molecular complexity index is 1160. The van der Waals surface area contributed by atoms with Gasteiger partial charge in [0.15, 0.2) is 5.16 Å². The number of benzene rings is 2. The molecule has 0 radical (unpaired) electrons. The van der Waals surface area contributed by atoms with Gasteiger partial charge in [0.05, 0.1) is 16.8 Å². The van der Waals surface area contributed by atoms with Crippen molar-refractivity contribution in [3.05, 3.63) is 70.1 Å². The van der Waals surface area contributed by atoms with Gasteiger partial charge in [-0.15, -0.1) is 11.3 Å². The average molecular weight is 428 g/mol. The van der Waals surface area contributed by atoms with E-state index in [0.717, 1.165) is 22.5 Å². The molecule has 2 heterocycles. The molecule has 0 spiro atoms. The van der Waals surface area contributed by atoms with Crippen molar-refractivity contribution in [1.29, 1.82) is 0 Å². The van der Waals surface area contributed by atoms with Crippen molar-refractivity contribution < 1.29 is 9.90 Å². The number of anilines is 1. The highest BCUT2D eigenvalue weighted by atomic mass is 35.5. The quantitative estimate of drug-likeness (QED) is 0.319. The molecular weight excluding hydrogens is 414 g/mol. The zero-order valence-electron chi connectivity index (χ0n) is 14.4. The van der Waals surface area contributed by atoms with Gasteiger partial charge in [-0.1, -0.05) is 65.8 Å². The van der Waals surface area contributed by atoms with E-state index in [4.69, 9.17) is 22.3 Å². The van der Waals surface area contributed by atoms with Crippen molar-refractivity contribution in [3.8, 4) is 11.3 Å². The maximum Gasteiger partial charge on any atom is 0.348 e. The number of aromatic nitrogens is 2. The average Bonchev–Trinajstić information content (AvgIpc) is 3.04. The number of thioether (sulfide) groups is 1. The summed E-state index contributed by atoms with van der Waals surface area (Å²) in [5, 5.41) is 11.3. The van der Waals surface area contributed by atoms with E-state index in [1.165, 1.54) is 11.8 Å². The molecule has 0 aliphatic heterocycles. The SMILES string of the molecule is Nc1c(C(=O)O)sc2nc(SCc3ccc(Cl)cc3)nc(-c3ccccc3)c12. The molecule has 28 heavy (non-hydrogen) atoms. The van der Waals surface area contributed by atoms with Crippen molar-refractivity contribution >= 4 is 56.6 Å². The minimum absolute atomic E-state index is 0.0846. The third-order valence-electron chi connectivity index (χ3n) is 4.09. The van der Waals surface area contributed by atoms with Gasteiger partial charge in [-0.05, 0) is 17.7 Å². The molecule has 0 bridgehead atoms. The largest absolute Gasteiger partial charge is 0.477 e. The van der Waals surface area contributed by atoms with E-state index in [-0.39, 0.29) is 10.6 Å². The van der Waals surface area contributed by atoms with Crippen molar-refractivity contribution in [2.75, 3.05) is 5.73 Å². The highest BCUT2D eigenvalue weighted by Crippen LogP contribution is 2.39. The summed E-state index contributed by atoms with van der Waals surface area (Å²) in [6, 6.07) is 17.2. The van der Waals surface area contributed by atoms with Crippen LogP contribution in [0.25, 0.3) is 21.5 Å². The number of nitrogens with two attached hydrogens (primary N) is 1. The number of hydrogen-bond donors (Lipinski definition) is 2. The predicted molar refractivity (Wildman–Crippen MR) is 115 cm³/mol. The third-order valence-corrected chi connectivity index (χ3v) is 6.35. The summed E-state index contributed by atoms with van der Waals surface area (Å²) in [6.45, 7) is 0. The van der Waals surface area contributed by atoms with Crippen LogP contribution >= 0.6 is 34.7 Å². The summed E-state index contributed by atoms with van der Waals surface area (Å²) >= 11 is 8.49. The van der Waals surface area contributed by atoms with Crippen molar-refractivity contribution in [1.82, 2.24) is 9.97 Å². The van der Waals surface area contributed by atoms with Crippen LogP contribution in [-0.4, -0.2) is 21.0 Å². The van der Waals surface area contributed by atoms with Crippen molar-refractivity contribution in [3.63, 3.8) is 0 Å². The van der Waals surface area contributed by atoms with Gasteiger partial charge in [0.25, 0.3) is 0 Å². The number of fused-ring (bicyclic) bond motifs is 1. The second-order valence-corrected chi connectivity index (χ2v) is 8.34. The van der Waals surface area contributed by atoms with Gasteiger partial charge in [0.1, 0.15) is 9.71 Å². The number of carboxylic acid groups (broad SMARTS) is 1. The topological polar surface area (TPSA) is 89.1 Å². The molecule has 0 fully saturated rings. The van der Waals surface area contributed by atoms with E-state index in [1.54, 1.807) is 0 Å². The zero-order valence-corrected chi connectivity index (χ0v) is 16.8. The first-order chi connectivity index (χ1) is 13.5. The summed E-state index contributed by atoms with van der Waals surface area (Å²) in [7, 11) is 0. The van der Waals surface area contributed by atoms with Crippen LogP contribution in [0, 0.1) is 0 Å². The number of hydrogen-bond acceptors (Lipinski definition) is 6. The highest BCUT2D eigenvalue weighted by Gasteiger charge is 2.21. The lowest BCUT2D eigenvalue weighted by molar-refractivity contribution is 0.0703. The maximum absolute atomic E-state index is 11.5. The van der Waals surface area contributed by atoms with E-state index in [1.807, 2.05) is 54.6 Å². The summed E-state index contributed by atoms with van der Waals surface area (Å²) in [5.41, 5.74) is 8.95. The fourth-order valence-corrected chi connectivity index (χ4v) is 4.68. The molecule has 0 unspecified atom stereocenters. The lowest BCUT2D eigenvalue weighted by Gasteiger charge is -2.07. The zero-order chi connectivity index (χ0) is 19.7. The fraction of sp³-hybridized carbons (Fsp3) is 0.0500. The van der Waals surface area contributed by atoms with Gasteiger partial charge in [0, 0.05) is 16.3 Å². The minimum atomic E-state index is -1.06. The lowest BCUT2D eigenvalue weighted by Crippen LogP contribution is -1.98. The molecule has 8 heteroatoms. The van der Waals surface area contributed by atoms with Crippen LogP contribution in [0.2, 0.25) is 5.02 Å². The smallest absolute Gasteiger partial charge is 0.348 e. The summed E-state index contributed by atoms with van der Waals surface area (Å²) in [5.74, 6) is -0.390. The van der Waals surface area contributed by atoms with Crippen LogP contribution in [0.4, 0.5) is 5.69 Å². The maximum atomic E-state index is 11.5. The van der Waals surface area contributed by atoms with Gasteiger partial charge < -0.3 is 10.8 Å². The number of nitrogen functional groups attached to an aromatic ring is 1. The van der Waals surface area contributed by atoms with Crippen LogP contribution < -0.4 is 5.73 Å². The fourth-order valence-electron chi connectivity index (χ4n) is 2.76. The Morgan fingerprint density at radius 1 is 1.11 bits per heavy atom. The Morgan fingerprint density at radius 3 is 2.50 bits per heavy atom. The molecular formula is C20H14ClN3O2S2. The molecule has 2 aromatic heterocycles. The molecule has 4 aromatic rings. The Labute approximate surface area is 174 Å². The normalized spacial score (nSPS) is 11.0. The number of rotatable bonds is 5. The van der Waals surface area contributed by atoms with Crippen LogP contribution in [0.3, 0.4) is 0 Å². The van der Waals surface area contributed by atoms with Gasteiger partial charge >= 0.3 is 5.97 Å². The predicted octanol–water partition coefficient (Wildman–Crippen LogP) is 5.58. The monoisotopic (exact) mass is 427 g/mol. The molecule has 0 amide bonds. The van der Waals surface area contributed by atoms with E-state index in [9.17, 15) is 9.90 Å². The number of halogens is 1. The first-order valence-corrected chi connectivity index (χ1v) is 10.5. The van der Waals surface area contributed by atoms with E-state index in [0.29, 0.717) is 31.8 Å². The molecule has 0 saturated carbocycles. The second-order valence-electron chi connectivity index (χ2n) is 5.97. The van der Waals surface area contributed by atoms with E-state index in [2.05, 4.69) is 4.98 Å². The molecule has 4 rings (SSSR count). The van der Waals surface area contributed by atoms with E-state index >= 15 is 0 Å². The molecule has 5 nitrogen and oxygen atoms in total. The second kappa shape index (κ2) is 7.79. The molecule has 2 aromatic carbocycles. The molecule has 0 atom stereocenters. The molecule has 3 N–H and O–H groups in total. The summed E-state index contributed by atoms with van der Waals surface area (Å²) in [6.07, 6.45) is 0. The Hall–Kier alpha value is -2.61. The number of thiophene rings is 1. The number of nitrogens with zero attached hydrogens (tertiary/aromatic N) is 2. The first kappa shape index (κ1) is 18.7. The van der Waals surface area contributed by atoms with Gasteiger partial charge in [-0.2, -0.15) is 0 Å². The van der Waals surface area contributed by atoms with Crippen molar-refractivity contribution in [2.45, 2.75) is 10.9 Å². The molecule has 0 saturated heterocycles. The number of carbonyl (C=O) groups is 1. The Morgan fingerprint density at radius 2 is 1.82 bits per heavy atom. The lowest BCUT2D eigenvalue weighted by atomic mass is 10.1. The highest BCUT2D eigenvalue weighted by molar-refractivity contribution is 7.98. The van der Waals surface area contributed by atoms with Crippen LogP contribution in [0.15, 0.2) is 59.8 Å². The third kappa shape index (κ3) is 3.69. The molecule has 0 aliphatic carbocycles. The Kier molecular flexibility index (Phi) is 5.21. The molecule has 140 valence electrons. The van der Waals surface area contributed by atoms with Gasteiger partial charge in [-0.3, -0.25) is 0 Å². The summed E-state index contributed by atoms with van der Waals surface area (Å²) < 4.78 is 0. The molecule has 0 aliphatic rings. The van der Waals surface area contributed by atoms with Crippen LogP contribution in [-0.2, 0) is 5.75 Å².